The highest BCUT2D eigenvalue weighted by Gasteiger charge is 2.32. The molecule has 1 saturated heterocycles. The summed E-state index contributed by atoms with van der Waals surface area (Å²) in [7, 11) is 2.12. The van der Waals surface area contributed by atoms with Gasteiger partial charge in [-0.2, -0.15) is 0 Å². The third-order valence-corrected chi connectivity index (χ3v) is 3.76. The number of hydrogen-bond acceptors (Lipinski definition) is 3. The Morgan fingerprint density at radius 3 is 2.81 bits per heavy atom. The molecule has 0 aromatic heterocycles. The van der Waals surface area contributed by atoms with Crippen molar-refractivity contribution in [2.24, 2.45) is 0 Å². The van der Waals surface area contributed by atoms with Crippen molar-refractivity contribution in [1.82, 2.24) is 4.90 Å². The number of nitrogens with zero attached hydrogens (tertiary/aromatic N) is 1. The Kier molecular flexibility index (Phi) is 4.00. The van der Waals surface area contributed by atoms with Crippen LogP contribution in [0.4, 0.5) is 0 Å². The fourth-order valence-corrected chi connectivity index (χ4v) is 2.65. The topological polar surface area (TPSA) is 32.7 Å². The van der Waals surface area contributed by atoms with Crippen molar-refractivity contribution in [3.05, 3.63) is 12.2 Å². The monoisotopic (exact) mass is 225 g/mol. The van der Waals surface area contributed by atoms with Crippen LogP contribution in [0.5, 0.6) is 0 Å². The van der Waals surface area contributed by atoms with Crippen LogP contribution in [0.2, 0.25) is 0 Å². The molecule has 16 heavy (non-hydrogen) atoms. The summed E-state index contributed by atoms with van der Waals surface area (Å²) in [5.41, 5.74) is -0.529. The van der Waals surface area contributed by atoms with E-state index in [4.69, 9.17) is 4.74 Å². The minimum absolute atomic E-state index is 0.514. The molecule has 2 rings (SSSR count). The quantitative estimate of drug-likeness (QED) is 0.740. The first kappa shape index (κ1) is 12.1. The molecule has 1 heterocycles. The van der Waals surface area contributed by atoms with Crippen molar-refractivity contribution in [2.45, 2.75) is 43.7 Å². The minimum atomic E-state index is -0.529. The summed E-state index contributed by atoms with van der Waals surface area (Å²) in [5, 5.41) is 10.4. The molecule has 1 unspecified atom stereocenters. The van der Waals surface area contributed by atoms with Crippen LogP contribution < -0.4 is 0 Å². The Bertz CT molecular complexity index is 246. The van der Waals surface area contributed by atoms with E-state index >= 15 is 0 Å². The maximum atomic E-state index is 10.4. The van der Waals surface area contributed by atoms with Gasteiger partial charge in [0.2, 0.25) is 0 Å². The van der Waals surface area contributed by atoms with E-state index in [2.05, 4.69) is 24.1 Å². The van der Waals surface area contributed by atoms with Gasteiger partial charge in [-0.3, -0.25) is 4.90 Å². The van der Waals surface area contributed by atoms with Gasteiger partial charge in [0.1, 0.15) is 0 Å². The molecule has 0 aromatic rings. The minimum Gasteiger partial charge on any atom is -0.388 e. The SMILES string of the molecule is CN(CC1(O)CCOCC1)C1C=CCCC1. The van der Waals surface area contributed by atoms with Gasteiger partial charge in [-0.15, -0.1) is 0 Å². The smallest absolute Gasteiger partial charge is 0.0818 e. The van der Waals surface area contributed by atoms with Crippen LogP contribution in [-0.4, -0.2) is 48.5 Å². The molecule has 0 radical (unpaired) electrons. The van der Waals surface area contributed by atoms with Gasteiger partial charge in [0.05, 0.1) is 5.60 Å². The molecule has 1 N–H and O–H groups in total. The Labute approximate surface area is 98.1 Å². The van der Waals surface area contributed by atoms with Crippen LogP contribution in [0.15, 0.2) is 12.2 Å². The number of allylic oxidation sites excluding steroid dienone is 1. The van der Waals surface area contributed by atoms with Crippen LogP contribution in [0.1, 0.15) is 32.1 Å². The van der Waals surface area contributed by atoms with Crippen molar-refractivity contribution in [1.29, 1.82) is 0 Å². The van der Waals surface area contributed by atoms with E-state index in [1.807, 2.05) is 0 Å². The van der Waals surface area contributed by atoms with Crippen molar-refractivity contribution < 1.29 is 9.84 Å². The average Bonchev–Trinajstić information content (AvgIpc) is 2.30. The fraction of sp³-hybridized carbons (Fsp3) is 0.846. The lowest BCUT2D eigenvalue weighted by Gasteiger charge is -2.38. The predicted octanol–water partition coefficient (Wildman–Crippen LogP) is 1.57. The summed E-state index contributed by atoms with van der Waals surface area (Å²) in [5.74, 6) is 0. The number of likely N-dealkylation sites (N-methyl/N-ethyl adjacent to an activating group) is 1. The second-order valence-corrected chi connectivity index (χ2v) is 5.18. The summed E-state index contributed by atoms with van der Waals surface area (Å²) < 4.78 is 5.30. The number of aliphatic hydroxyl groups is 1. The van der Waals surface area contributed by atoms with Crippen molar-refractivity contribution in [3.63, 3.8) is 0 Å². The standard InChI is InChI=1S/C13H23NO2/c1-14(12-5-3-2-4-6-12)11-13(15)7-9-16-10-8-13/h3,5,12,15H,2,4,6-11H2,1H3. The zero-order chi connectivity index (χ0) is 11.4. The Balaban J connectivity index is 1.87. The first-order valence-electron chi connectivity index (χ1n) is 6.37. The predicted molar refractivity (Wildman–Crippen MR) is 64.4 cm³/mol. The zero-order valence-corrected chi connectivity index (χ0v) is 10.2. The van der Waals surface area contributed by atoms with Crippen molar-refractivity contribution in [3.8, 4) is 0 Å². The van der Waals surface area contributed by atoms with E-state index in [9.17, 15) is 5.11 Å². The molecule has 1 aliphatic heterocycles. The first-order valence-corrected chi connectivity index (χ1v) is 6.37. The molecule has 0 amide bonds. The van der Waals surface area contributed by atoms with Crippen LogP contribution in [0.25, 0.3) is 0 Å². The molecule has 1 atom stereocenters. The molecule has 0 bridgehead atoms. The summed E-state index contributed by atoms with van der Waals surface area (Å²) in [4.78, 5) is 2.29. The zero-order valence-electron chi connectivity index (χ0n) is 10.2. The van der Waals surface area contributed by atoms with Crippen LogP contribution in [0.3, 0.4) is 0 Å². The van der Waals surface area contributed by atoms with E-state index in [0.717, 1.165) is 19.4 Å². The van der Waals surface area contributed by atoms with Gasteiger partial charge in [-0.05, 0) is 26.3 Å². The van der Waals surface area contributed by atoms with Gasteiger partial charge in [-0.25, -0.2) is 0 Å². The van der Waals surface area contributed by atoms with E-state index in [0.29, 0.717) is 19.3 Å². The third-order valence-electron chi connectivity index (χ3n) is 3.76. The highest BCUT2D eigenvalue weighted by molar-refractivity contribution is 4.99. The van der Waals surface area contributed by atoms with Gasteiger partial charge in [0.15, 0.2) is 0 Å². The Morgan fingerprint density at radius 1 is 1.44 bits per heavy atom. The lowest BCUT2D eigenvalue weighted by atomic mass is 9.92. The molecule has 2 aliphatic rings. The van der Waals surface area contributed by atoms with E-state index in [1.54, 1.807) is 0 Å². The highest BCUT2D eigenvalue weighted by atomic mass is 16.5. The number of ether oxygens (including phenoxy) is 1. The third kappa shape index (κ3) is 3.06. The molecule has 0 saturated carbocycles. The van der Waals surface area contributed by atoms with Crippen molar-refractivity contribution in [2.75, 3.05) is 26.8 Å². The van der Waals surface area contributed by atoms with E-state index < -0.39 is 5.60 Å². The lowest BCUT2D eigenvalue weighted by molar-refractivity contribution is -0.0799. The molecule has 92 valence electrons. The first-order chi connectivity index (χ1) is 7.70. The van der Waals surface area contributed by atoms with Gasteiger partial charge in [-0.1, -0.05) is 12.2 Å². The normalized spacial score (nSPS) is 29.6. The second kappa shape index (κ2) is 5.30. The fourth-order valence-electron chi connectivity index (χ4n) is 2.65. The van der Waals surface area contributed by atoms with E-state index in [1.165, 1.54) is 19.3 Å². The lowest BCUT2D eigenvalue weighted by Crippen LogP contribution is -2.48. The maximum absolute atomic E-state index is 10.4. The average molecular weight is 225 g/mol. The number of hydrogen-bond donors (Lipinski definition) is 1. The summed E-state index contributed by atoms with van der Waals surface area (Å²) in [6.45, 7) is 2.17. The molecule has 1 fully saturated rings. The molecule has 3 nitrogen and oxygen atoms in total. The summed E-state index contributed by atoms with van der Waals surface area (Å²) in [6.07, 6.45) is 9.79. The Morgan fingerprint density at radius 2 is 2.19 bits per heavy atom. The number of rotatable bonds is 3. The molecular formula is C13H23NO2. The van der Waals surface area contributed by atoms with E-state index in [-0.39, 0.29) is 0 Å². The van der Waals surface area contributed by atoms with Crippen LogP contribution in [-0.2, 0) is 4.74 Å². The van der Waals surface area contributed by atoms with Gasteiger partial charge >= 0.3 is 0 Å². The van der Waals surface area contributed by atoms with Gasteiger partial charge < -0.3 is 9.84 Å². The van der Waals surface area contributed by atoms with Crippen LogP contribution >= 0.6 is 0 Å². The van der Waals surface area contributed by atoms with Crippen molar-refractivity contribution >= 4 is 0 Å². The Hall–Kier alpha value is -0.380. The summed E-state index contributed by atoms with van der Waals surface area (Å²) in [6, 6.07) is 0.514. The van der Waals surface area contributed by atoms with Gasteiger partial charge in [0, 0.05) is 38.6 Å². The molecule has 0 spiro atoms. The summed E-state index contributed by atoms with van der Waals surface area (Å²) >= 11 is 0. The van der Waals surface area contributed by atoms with Crippen LogP contribution in [0, 0.1) is 0 Å². The van der Waals surface area contributed by atoms with Gasteiger partial charge in [0.25, 0.3) is 0 Å². The molecule has 1 aliphatic carbocycles. The highest BCUT2D eigenvalue weighted by Crippen LogP contribution is 2.24. The largest absolute Gasteiger partial charge is 0.388 e. The second-order valence-electron chi connectivity index (χ2n) is 5.18. The maximum Gasteiger partial charge on any atom is 0.0818 e. The molecule has 0 aromatic carbocycles. The molecular weight excluding hydrogens is 202 g/mol. The molecule has 3 heteroatoms.